The molecule has 0 aliphatic heterocycles. The average Bonchev–Trinajstić information content (AvgIpc) is 2.63. The van der Waals surface area contributed by atoms with Gasteiger partial charge in [0, 0.05) is 26.5 Å². The molecule has 3 rings (SSSR count). The van der Waals surface area contributed by atoms with Crippen molar-refractivity contribution in [2.45, 2.75) is 9.79 Å². The Bertz CT molecular complexity index is 807. The van der Waals surface area contributed by atoms with Crippen LogP contribution in [0.25, 0.3) is 0 Å². The Kier molecular flexibility index (Phi) is 4.69. The Balaban J connectivity index is 1.74. The molecule has 3 aromatic carbocycles. The van der Waals surface area contributed by atoms with Crippen molar-refractivity contribution in [3.8, 4) is 0 Å². The van der Waals surface area contributed by atoms with Crippen molar-refractivity contribution in [2.24, 2.45) is 0 Å². The fourth-order valence-corrected chi connectivity index (χ4v) is 3.00. The highest BCUT2D eigenvalue weighted by Crippen LogP contribution is 2.28. The molecular weight excluding hydrogens is 304 g/mol. The number of rotatable bonds is 5. The van der Waals surface area contributed by atoms with Gasteiger partial charge in [0.2, 0.25) is 0 Å². The Labute approximate surface area is 139 Å². The van der Waals surface area contributed by atoms with Crippen LogP contribution in [0.2, 0.25) is 0 Å². The van der Waals surface area contributed by atoms with E-state index in [0.29, 0.717) is 16.7 Å². The molecule has 0 bridgehead atoms. The van der Waals surface area contributed by atoms with Gasteiger partial charge < -0.3 is 0 Å². The fourth-order valence-electron chi connectivity index (χ4n) is 2.18. The molecule has 0 N–H and O–H groups in total. The molecule has 0 aliphatic carbocycles. The van der Waals surface area contributed by atoms with Crippen LogP contribution in [0.4, 0.5) is 0 Å². The Hall–Kier alpha value is -2.65. The molecule has 0 aliphatic rings. The van der Waals surface area contributed by atoms with Crippen LogP contribution >= 0.6 is 11.8 Å². The lowest BCUT2D eigenvalue weighted by molar-refractivity contribution is 0.103. The van der Waals surface area contributed by atoms with Crippen molar-refractivity contribution in [3.05, 3.63) is 95.6 Å². The minimum Gasteiger partial charge on any atom is -0.298 e. The molecule has 23 heavy (non-hydrogen) atoms. The van der Waals surface area contributed by atoms with Gasteiger partial charge in [0.15, 0.2) is 5.78 Å². The summed E-state index contributed by atoms with van der Waals surface area (Å²) >= 11 is 1.60. The second kappa shape index (κ2) is 7.07. The molecule has 0 saturated heterocycles. The van der Waals surface area contributed by atoms with Gasteiger partial charge in [-0.1, -0.05) is 54.2 Å². The second-order valence-corrected chi connectivity index (χ2v) is 6.16. The van der Waals surface area contributed by atoms with Gasteiger partial charge in [0.25, 0.3) is 0 Å². The van der Waals surface area contributed by atoms with Crippen molar-refractivity contribution in [1.82, 2.24) is 0 Å². The topological polar surface area (TPSA) is 34.1 Å². The first-order valence-electron chi connectivity index (χ1n) is 7.19. The van der Waals surface area contributed by atoms with E-state index in [1.165, 1.54) is 0 Å². The molecule has 0 spiro atoms. The van der Waals surface area contributed by atoms with E-state index in [1.54, 1.807) is 23.9 Å². The summed E-state index contributed by atoms with van der Waals surface area (Å²) in [7, 11) is 0. The average molecular weight is 318 g/mol. The number of hydrogen-bond acceptors (Lipinski definition) is 3. The zero-order valence-corrected chi connectivity index (χ0v) is 13.1. The Morgan fingerprint density at radius 1 is 0.696 bits per heavy atom. The van der Waals surface area contributed by atoms with Gasteiger partial charge in [-0.25, -0.2) is 0 Å². The smallest absolute Gasteiger partial charge is 0.193 e. The highest BCUT2D eigenvalue weighted by atomic mass is 32.2. The van der Waals surface area contributed by atoms with E-state index >= 15 is 0 Å². The van der Waals surface area contributed by atoms with Gasteiger partial charge in [-0.3, -0.25) is 9.59 Å². The van der Waals surface area contributed by atoms with Crippen LogP contribution in [0.3, 0.4) is 0 Å². The van der Waals surface area contributed by atoms with Crippen LogP contribution in [0.1, 0.15) is 26.3 Å². The Morgan fingerprint density at radius 3 is 1.78 bits per heavy atom. The lowest BCUT2D eigenvalue weighted by atomic mass is 10.0. The number of carbonyl (C=O) groups excluding carboxylic acids is 2. The first-order valence-corrected chi connectivity index (χ1v) is 8.01. The highest BCUT2D eigenvalue weighted by Gasteiger charge is 2.08. The maximum atomic E-state index is 12.3. The van der Waals surface area contributed by atoms with Crippen LogP contribution in [-0.4, -0.2) is 12.1 Å². The van der Waals surface area contributed by atoms with Crippen LogP contribution < -0.4 is 0 Å². The van der Waals surface area contributed by atoms with Crippen molar-refractivity contribution >= 4 is 23.8 Å². The number of benzene rings is 3. The maximum absolute atomic E-state index is 12.3. The summed E-state index contributed by atoms with van der Waals surface area (Å²) in [6.45, 7) is 0. The molecule has 0 amide bonds. The van der Waals surface area contributed by atoms with E-state index in [4.69, 9.17) is 0 Å². The quantitative estimate of drug-likeness (QED) is 0.496. The van der Waals surface area contributed by atoms with Crippen LogP contribution in [0, 0.1) is 0 Å². The molecule has 0 saturated carbocycles. The lowest BCUT2D eigenvalue weighted by Gasteiger charge is -2.04. The zero-order chi connectivity index (χ0) is 16.1. The molecule has 3 heteroatoms. The normalized spacial score (nSPS) is 10.3. The molecule has 2 nitrogen and oxygen atoms in total. The van der Waals surface area contributed by atoms with Gasteiger partial charge in [-0.15, -0.1) is 0 Å². The zero-order valence-electron chi connectivity index (χ0n) is 12.3. The van der Waals surface area contributed by atoms with Gasteiger partial charge in [-0.05, 0) is 36.4 Å². The number of hydrogen-bond donors (Lipinski definition) is 0. The van der Waals surface area contributed by atoms with Crippen LogP contribution in [0.15, 0.2) is 88.7 Å². The van der Waals surface area contributed by atoms with Gasteiger partial charge in [-0.2, -0.15) is 0 Å². The first-order chi connectivity index (χ1) is 11.3. The molecule has 0 fully saturated rings. The van der Waals surface area contributed by atoms with Gasteiger partial charge in [0.1, 0.15) is 6.29 Å². The van der Waals surface area contributed by atoms with Crippen molar-refractivity contribution in [3.63, 3.8) is 0 Å². The largest absolute Gasteiger partial charge is 0.298 e. The molecule has 0 radical (unpaired) electrons. The number of aldehydes is 1. The Morgan fingerprint density at radius 2 is 1.22 bits per heavy atom. The first kappa shape index (κ1) is 15.3. The maximum Gasteiger partial charge on any atom is 0.193 e. The molecule has 0 heterocycles. The van der Waals surface area contributed by atoms with E-state index in [0.717, 1.165) is 16.1 Å². The predicted molar refractivity (Wildman–Crippen MR) is 92.3 cm³/mol. The van der Waals surface area contributed by atoms with Crippen molar-refractivity contribution in [1.29, 1.82) is 0 Å². The molecule has 0 atom stereocenters. The summed E-state index contributed by atoms with van der Waals surface area (Å²) in [6, 6.07) is 24.2. The molecule has 0 aromatic heterocycles. The summed E-state index contributed by atoms with van der Waals surface area (Å²) in [6.07, 6.45) is 0.832. The van der Waals surface area contributed by atoms with E-state index < -0.39 is 0 Å². The van der Waals surface area contributed by atoms with E-state index in [9.17, 15) is 9.59 Å². The second-order valence-electron chi connectivity index (χ2n) is 5.01. The standard InChI is InChI=1S/C20H14O2S/c21-14-15-6-10-18(11-7-15)23-19-12-8-17(9-13-19)20(22)16-4-2-1-3-5-16/h1-14H. The minimum absolute atomic E-state index is 0.0254. The van der Waals surface area contributed by atoms with Gasteiger partial charge >= 0.3 is 0 Å². The van der Waals surface area contributed by atoms with Crippen LogP contribution in [-0.2, 0) is 0 Å². The lowest BCUT2D eigenvalue weighted by Crippen LogP contribution is -2.00. The summed E-state index contributed by atoms with van der Waals surface area (Å²) in [5.74, 6) is 0.0254. The molecular formula is C20H14O2S. The summed E-state index contributed by atoms with van der Waals surface area (Å²) in [5.41, 5.74) is 2.03. The van der Waals surface area contributed by atoms with Crippen LogP contribution in [0.5, 0.6) is 0 Å². The molecule has 0 unspecified atom stereocenters. The third-order valence-electron chi connectivity index (χ3n) is 3.40. The monoisotopic (exact) mass is 318 g/mol. The van der Waals surface area contributed by atoms with Crippen molar-refractivity contribution < 1.29 is 9.59 Å². The van der Waals surface area contributed by atoms with Gasteiger partial charge in [0.05, 0.1) is 0 Å². The third kappa shape index (κ3) is 3.76. The fraction of sp³-hybridized carbons (Fsp3) is 0. The summed E-state index contributed by atoms with van der Waals surface area (Å²) < 4.78 is 0. The molecule has 112 valence electrons. The van der Waals surface area contributed by atoms with E-state index in [-0.39, 0.29) is 5.78 Å². The highest BCUT2D eigenvalue weighted by molar-refractivity contribution is 7.99. The summed E-state index contributed by atoms with van der Waals surface area (Å²) in [5, 5.41) is 0. The summed E-state index contributed by atoms with van der Waals surface area (Å²) in [4.78, 5) is 25.1. The number of carbonyl (C=O) groups is 2. The predicted octanol–water partition coefficient (Wildman–Crippen LogP) is 4.88. The van der Waals surface area contributed by atoms with E-state index in [1.807, 2.05) is 66.7 Å². The third-order valence-corrected chi connectivity index (χ3v) is 4.42. The number of ketones is 1. The van der Waals surface area contributed by atoms with E-state index in [2.05, 4.69) is 0 Å². The van der Waals surface area contributed by atoms with Crippen molar-refractivity contribution in [2.75, 3.05) is 0 Å². The SMILES string of the molecule is O=Cc1ccc(Sc2ccc(C(=O)c3ccccc3)cc2)cc1. The molecule has 3 aromatic rings. The minimum atomic E-state index is 0.0254.